The summed E-state index contributed by atoms with van der Waals surface area (Å²) in [4.78, 5) is 27.5. The van der Waals surface area contributed by atoms with E-state index < -0.39 is 12.0 Å². The number of carbonyl (C=O) groups excluding carboxylic acids is 1. The number of hydrogen-bond donors (Lipinski definition) is 2. The van der Waals surface area contributed by atoms with Gasteiger partial charge in [-0.15, -0.1) is 0 Å². The number of aromatic nitrogens is 2. The fourth-order valence-corrected chi connectivity index (χ4v) is 2.57. The smallest absolute Gasteiger partial charge is 0.326 e. The van der Waals surface area contributed by atoms with Crippen LogP contribution in [0, 0.1) is 5.92 Å². The van der Waals surface area contributed by atoms with Gasteiger partial charge in [0.2, 0.25) is 17.6 Å². The van der Waals surface area contributed by atoms with Crippen LogP contribution in [0.5, 0.6) is 5.75 Å². The van der Waals surface area contributed by atoms with E-state index in [4.69, 9.17) is 14.4 Å². The summed E-state index contributed by atoms with van der Waals surface area (Å²) < 4.78 is 10.3. The fraction of sp³-hybridized carbons (Fsp3) is 0.474. The molecule has 8 heteroatoms. The van der Waals surface area contributed by atoms with Crippen LogP contribution in [-0.2, 0) is 16.0 Å². The molecule has 0 saturated heterocycles. The predicted molar refractivity (Wildman–Crippen MR) is 98.2 cm³/mol. The number of hydrogen-bond acceptors (Lipinski definition) is 6. The van der Waals surface area contributed by atoms with Crippen molar-refractivity contribution >= 4 is 11.9 Å². The summed E-state index contributed by atoms with van der Waals surface area (Å²) in [6.07, 6.45) is 1.53. The molecule has 1 amide bonds. The Morgan fingerprint density at radius 3 is 2.56 bits per heavy atom. The minimum atomic E-state index is -1.02. The second kappa shape index (κ2) is 9.70. The number of ether oxygens (including phenoxy) is 1. The van der Waals surface area contributed by atoms with Crippen LogP contribution < -0.4 is 10.1 Å². The fourth-order valence-electron chi connectivity index (χ4n) is 2.57. The van der Waals surface area contributed by atoms with Crippen LogP contribution in [0.1, 0.15) is 39.0 Å². The van der Waals surface area contributed by atoms with Crippen molar-refractivity contribution in [2.45, 2.75) is 45.6 Å². The second-order valence-electron chi connectivity index (χ2n) is 6.68. The van der Waals surface area contributed by atoms with Crippen molar-refractivity contribution in [3.05, 3.63) is 30.2 Å². The molecule has 0 radical (unpaired) electrons. The quantitative estimate of drug-likeness (QED) is 0.656. The van der Waals surface area contributed by atoms with Crippen LogP contribution >= 0.6 is 0 Å². The molecule has 1 atom stereocenters. The maximum absolute atomic E-state index is 12.0. The van der Waals surface area contributed by atoms with Crippen LogP contribution in [0.4, 0.5) is 0 Å². The van der Waals surface area contributed by atoms with Crippen molar-refractivity contribution in [3.63, 3.8) is 0 Å². The SMILES string of the molecule is COc1ccc(-c2noc(CCCC(=O)N[C@@H](CC(C)C)C(=O)O)n2)cc1. The molecule has 0 spiro atoms. The Hall–Kier alpha value is -2.90. The third-order valence-electron chi connectivity index (χ3n) is 3.95. The third kappa shape index (κ3) is 6.40. The highest BCUT2D eigenvalue weighted by atomic mass is 16.5. The van der Waals surface area contributed by atoms with E-state index in [1.54, 1.807) is 7.11 Å². The number of aliphatic carboxylic acids is 1. The van der Waals surface area contributed by atoms with Crippen molar-refractivity contribution in [3.8, 4) is 17.1 Å². The molecule has 0 fully saturated rings. The lowest BCUT2D eigenvalue weighted by Crippen LogP contribution is -2.41. The van der Waals surface area contributed by atoms with E-state index in [-0.39, 0.29) is 18.2 Å². The standard InChI is InChI=1S/C19H25N3O5/c1-12(2)11-15(19(24)25)20-16(23)5-4-6-17-21-18(22-27-17)13-7-9-14(26-3)10-8-13/h7-10,12,15H,4-6,11H2,1-3H3,(H,20,23)(H,24,25)/t15-/m0/s1. The molecule has 1 heterocycles. The van der Waals surface area contributed by atoms with E-state index in [1.807, 2.05) is 38.1 Å². The van der Waals surface area contributed by atoms with Crippen LogP contribution in [0.15, 0.2) is 28.8 Å². The molecule has 1 aromatic heterocycles. The lowest BCUT2D eigenvalue weighted by atomic mass is 10.0. The van der Waals surface area contributed by atoms with Gasteiger partial charge >= 0.3 is 5.97 Å². The molecule has 0 aliphatic rings. The number of methoxy groups -OCH3 is 1. The molecule has 0 saturated carbocycles. The van der Waals surface area contributed by atoms with Crippen molar-refractivity contribution in [1.29, 1.82) is 0 Å². The zero-order valence-corrected chi connectivity index (χ0v) is 15.8. The summed E-state index contributed by atoms with van der Waals surface area (Å²) in [6.45, 7) is 3.83. The molecule has 2 rings (SSSR count). The first kappa shape index (κ1) is 20.4. The number of benzene rings is 1. The lowest BCUT2D eigenvalue weighted by Gasteiger charge is -2.16. The summed E-state index contributed by atoms with van der Waals surface area (Å²) in [6, 6.07) is 6.43. The summed E-state index contributed by atoms with van der Waals surface area (Å²) >= 11 is 0. The highest BCUT2D eigenvalue weighted by Crippen LogP contribution is 2.20. The molecule has 1 aromatic carbocycles. The minimum absolute atomic E-state index is 0.182. The van der Waals surface area contributed by atoms with Crippen molar-refractivity contribution in [2.75, 3.05) is 7.11 Å². The molecule has 2 aromatic rings. The first-order valence-electron chi connectivity index (χ1n) is 8.88. The maximum Gasteiger partial charge on any atom is 0.326 e. The molecule has 0 unspecified atom stereocenters. The lowest BCUT2D eigenvalue weighted by molar-refractivity contribution is -0.142. The Bertz CT molecular complexity index is 755. The van der Waals surface area contributed by atoms with Gasteiger partial charge in [0.15, 0.2) is 0 Å². The topological polar surface area (TPSA) is 115 Å². The highest BCUT2D eigenvalue weighted by molar-refractivity contribution is 5.83. The highest BCUT2D eigenvalue weighted by Gasteiger charge is 2.20. The van der Waals surface area contributed by atoms with E-state index in [2.05, 4.69) is 15.5 Å². The van der Waals surface area contributed by atoms with Gasteiger partial charge in [-0.2, -0.15) is 4.98 Å². The molecule has 2 N–H and O–H groups in total. The first-order valence-corrected chi connectivity index (χ1v) is 8.88. The van der Waals surface area contributed by atoms with Crippen LogP contribution in [0.25, 0.3) is 11.4 Å². The second-order valence-corrected chi connectivity index (χ2v) is 6.68. The molecular formula is C19H25N3O5. The van der Waals surface area contributed by atoms with Crippen LogP contribution in [-0.4, -0.2) is 40.3 Å². The van der Waals surface area contributed by atoms with Crippen molar-refractivity contribution in [2.24, 2.45) is 5.92 Å². The van der Waals surface area contributed by atoms with Gasteiger partial charge in [0.1, 0.15) is 11.8 Å². The number of carboxylic acids is 1. The number of nitrogens with zero attached hydrogens (tertiary/aromatic N) is 2. The van der Waals surface area contributed by atoms with Gasteiger partial charge in [-0.3, -0.25) is 4.79 Å². The number of carbonyl (C=O) groups is 2. The largest absolute Gasteiger partial charge is 0.497 e. The predicted octanol–water partition coefficient (Wildman–Crippen LogP) is 2.68. The molecule has 0 aliphatic carbocycles. The summed E-state index contributed by atoms with van der Waals surface area (Å²) in [5, 5.41) is 15.7. The van der Waals surface area contributed by atoms with Gasteiger partial charge < -0.3 is 19.7 Å². The van der Waals surface area contributed by atoms with Crippen molar-refractivity contribution in [1.82, 2.24) is 15.5 Å². The van der Waals surface area contributed by atoms with E-state index in [0.717, 1.165) is 11.3 Å². The first-order chi connectivity index (χ1) is 12.9. The number of nitrogens with one attached hydrogen (secondary N) is 1. The molecule has 8 nitrogen and oxygen atoms in total. The van der Waals surface area contributed by atoms with Gasteiger partial charge in [0, 0.05) is 18.4 Å². The summed E-state index contributed by atoms with van der Waals surface area (Å²) in [7, 11) is 1.60. The zero-order valence-electron chi connectivity index (χ0n) is 15.8. The van der Waals surface area contributed by atoms with Crippen molar-refractivity contribution < 1.29 is 24.0 Å². The number of carboxylic acid groups (broad SMARTS) is 1. The zero-order chi connectivity index (χ0) is 19.8. The van der Waals surface area contributed by atoms with Gasteiger partial charge in [0.05, 0.1) is 7.11 Å². The number of rotatable bonds is 10. The van der Waals surface area contributed by atoms with Crippen LogP contribution in [0.2, 0.25) is 0 Å². The minimum Gasteiger partial charge on any atom is -0.497 e. The third-order valence-corrected chi connectivity index (χ3v) is 3.95. The molecular weight excluding hydrogens is 350 g/mol. The van der Waals surface area contributed by atoms with Gasteiger partial charge in [-0.05, 0) is 43.0 Å². The van der Waals surface area contributed by atoms with E-state index >= 15 is 0 Å². The number of amides is 1. The Kier molecular flexibility index (Phi) is 7.34. The van der Waals surface area contributed by atoms with Gasteiger partial charge in [0.25, 0.3) is 0 Å². The Balaban J connectivity index is 1.82. The van der Waals surface area contributed by atoms with Crippen LogP contribution in [0.3, 0.4) is 0 Å². The maximum atomic E-state index is 12.0. The Morgan fingerprint density at radius 2 is 1.96 bits per heavy atom. The summed E-state index contributed by atoms with van der Waals surface area (Å²) in [5.74, 6) is 0.522. The molecule has 146 valence electrons. The monoisotopic (exact) mass is 375 g/mol. The molecule has 27 heavy (non-hydrogen) atoms. The van der Waals surface area contributed by atoms with E-state index in [1.165, 1.54) is 0 Å². The van der Waals surface area contributed by atoms with E-state index in [9.17, 15) is 9.59 Å². The Morgan fingerprint density at radius 1 is 1.26 bits per heavy atom. The van der Waals surface area contributed by atoms with Gasteiger partial charge in [-0.1, -0.05) is 19.0 Å². The van der Waals surface area contributed by atoms with Gasteiger partial charge in [-0.25, -0.2) is 4.79 Å². The number of aryl methyl sites for hydroxylation is 1. The average molecular weight is 375 g/mol. The summed E-state index contributed by atoms with van der Waals surface area (Å²) in [5.41, 5.74) is 0.807. The normalized spacial score (nSPS) is 12.0. The Labute approximate surface area is 157 Å². The average Bonchev–Trinajstić information content (AvgIpc) is 3.09. The molecule has 0 bridgehead atoms. The molecule has 0 aliphatic heterocycles. The van der Waals surface area contributed by atoms with E-state index in [0.29, 0.717) is 31.0 Å².